The summed E-state index contributed by atoms with van der Waals surface area (Å²) in [5.74, 6) is 0. The van der Waals surface area contributed by atoms with Gasteiger partial charge in [0.05, 0.1) is 0 Å². The monoisotopic (exact) mass is 354 g/mol. The van der Waals surface area contributed by atoms with E-state index in [9.17, 15) is 4.79 Å². The first-order valence-electron chi connectivity index (χ1n) is 7.10. The number of amides is 2. The topological polar surface area (TPSA) is 46.3 Å². The number of carbonyl (C=O) groups excluding carboxylic acids is 1. The van der Waals surface area contributed by atoms with Crippen molar-refractivity contribution in [2.45, 2.75) is 78.2 Å². The van der Waals surface area contributed by atoms with Crippen LogP contribution in [0.3, 0.4) is 0 Å². The normalized spacial score (nSPS) is 13.4. The molecule has 0 spiro atoms. The van der Waals surface area contributed by atoms with Gasteiger partial charge in [0, 0.05) is 0 Å². The first-order valence-corrected chi connectivity index (χ1v) is 18.0. The Morgan fingerprint density at radius 2 is 1.10 bits per heavy atom. The van der Waals surface area contributed by atoms with E-state index >= 15 is 0 Å². The summed E-state index contributed by atoms with van der Waals surface area (Å²) < 4.78 is 1.96. The lowest BCUT2D eigenvalue weighted by molar-refractivity contribution is 0.242. The Hall–Kier alpha value is 0.211. The molecule has 0 aromatic carbocycles. The molecule has 0 aliphatic heterocycles. The molecule has 0 radical (unpaired) electrons. The molecule has 0 bridgehead atoms. The Balaban J connectivity index is 0. The number of rotatable bonds is 2. The number of nitrogens with two attached hydrogens (primary N) is 1. The van der Waals surface area contributed by atoms with Crippen LogP contribution in [0.25, 0.3) is 0 Å². The van der Waals surface area contributed by atoms with E-state index in [4.69, 9.17) is 16.8 Å². The minimum absolute atomic E-state index is 0.242. The highest BCUT2D eigenvalue weighted by molar-refractivity contribution is 7.20. The van der Waals surface area contributed by atoms with Crippen LogP contribution in [0.5, 0.6) is 0 Å². The number of urea groups is 1. The summed E-state index contributed by atoms with van der Waals surface area (Å²) in [6.07, 6.45) is 0. The molecule has 3 nitrogen and oxygen atoms in total. The van der Waals surface area contributed by atoms with Crippen LogP contribution in [0.2, 0.25) is 57.4 Å². The Morgan fingerprint density at radius 1 is 0.900 bits per heavy atom. The maximum absolute atomic E-state index is 11.2. The maximum atomic E-state index is 11.2. The van der Waals surface area contributed by atoms with Gasteiger partial charge in [0.2, 0.25) is 0 Å². The van der Waals surface area contributed by atoms with Crippen LogP contribution in [0, 0.1) is 0 Å². The fraction of sp³-hybridized carbons (Fsp3) is 0.923. The van der Waals surface area contributed by atoms with Crippen molar-refractivity contribution in [2.75, 3.05) is 0 Å². The van der Waals surface area contributed by atoms with Gasteiger partial charge in [0.15, 0.2) is 7.38 Å². The molecule has 0 saturated heterocycles. The molecule has 7 heteroatoms. The van der Waals surface area contributed by atoms with Crippen molar-refractivity contribution in [3.63, 3.8) is 0 Å². The molecule has 0 aromatic rings. The lowest BCUT2D eigenvalue weighted by Gasteiger charge is -2.42. The van der Waals surface area contributed by atoms with Crippen molar-refractivity contribution in [2.24, 2.45) is 5.73 Å². The van der Waals surface area contributed by atoms with Gasteiger partial charge >= 0.3 is 0 Å². The average Bonchev–Trinajstić information content (AvgIpc) is 1.91. The molecule has 2 amide bonds. The number of primary amides is 1. The number of halogens is 1. The lowest BCUT2D eigenvalue weighted by atomic mass is 10.2. The zero-order valence-electron chi connectivity index (χ0n) is 15.3. The van der Waals surface area contributed by atoms with Crippen molar-refractivity contribution in [1.29, 1.82) is 0 Å². The number of nitrogens with zero attached hydrogens (tertiary/aromatic N) is 1. The zero-order chi connectivity index (χ0) is 17.2. The predicted octanol–water partition coefficient (Wildman–Crippen LogP) is 5.27. The molecular formula is C13H35ClN2OSi3. The van der Waals surface area contributed by atoms with Gasteiger partial charge in [-0.05, 0) is 5.04 Å². The van der Waals surface area contributed by atoms with Crippen LogP contribution in [0.1, 0.15) is 20.8 Å². The Bertz CT molecular complexity index is 296. The van der Waals surface area contributed by atoms with Gasteiger partial charge in [-0.25, -0.2) is 0 Å². The first kappa shape index (κ1) is 22.5. The average molecular weight is 355 g/mol. The third-order valence-electron chi connectivity index (χ3n) is 3.35. The molecule has 2 N–H and O–H groups in total. The Labute approximate surface area is 134 Å². The van der Waals surface area contributed by atoms with Crippen molar-refractivity contribution in [3.8, 4) is 0 Å². The molecule has 122 valence electrons. The van der Waals surface area contributed by atoms with E-state index in [1.54, 1.807) is 0 Å². The van der Waals surface area contributed by atoms with Crippen molar-refractivity contribution < 1.29 is 4.79 Å². The SMILES string of the molecule is CC(C)(C)[Si](C)(C)Cl.C[Si](C)(C)N(C(N)=O)[Si](C)(C)C. The number of hydrogen-bond acceptors (Lipinski definition) is 1. The molecule has 20 heavy (non-hydrogen) atoms. The van der Waals surface area contributed by atoms with Gasteiger partial charge in [-0.1, -0.05) is 73.1 Å². The highest BCUT2D eigenvalue weighted by Crippen LogP contribution is 2.38. The van der Waals surface area contributed by atoms with E-state index in [1.165, 1.54) is 0 Å². The quantitative estimate of drug-likeness (QED) is 0.533. The lowest BCUT2D eigenvalue weighted by Crippen LogP contribution is -2.63. The number of hydrogen-bond donors (Lipinski definition) is 1. The van der Waals surface area contributed by atoms with E-state index < -0.39 is 23.9 Å². The second-order valence-corrected chi connectivity index (χ2v) is 26.0. The molecule has 0 aliphatic carbocycles. The standard InChI is InChI=1S/C7H20N2OSi2.C6H15ClSi/c1-11(2,3)9(7(8)10)12(4,5)6;1-6(2,3)8(4,5)7/h1-6H3,(H2,8,10);1-5H3. The van der Waals surface area contributed by atoms with E-state index in [1.807, 2.05) is 4.23 Å². The van der Waals surface area contributed by atoms with Gasteiger partial charge < -0.3 is 9.96 Å². The highest BCUT2D eigenvalue weighted by Gasteiger charge is 2.36. The molecule has 0 aliphatic rings. The first-order chi connectivity index (χ1) is 8.32. The van der Waals surface area contributed by atoms with Gasteiger partial charge in [0.1, 0.15) is 16.5 Å². The fourth-order valence-corrected chi connectivity index (χ4v) is 11.0. The van der Waals surface area contributed by atoms with E-state index in [-0.39, 0.29) is 6.03 Å². The van der Waals surface area contributed by atoms with Crippen molar-refractivity contribution in [1.82, 2.24) is 4.23 Å². The molecule has 0 fully saturated rings. The zero-order valence-corrected chi connectivity index (χ0v) is 19.1. The minimum Gasteiger partial charge on any atom is -0.379 e. The summed E-state index contributed by atoms with van der Waals surface area (Å²) in [6.45, 7) is 23.8. The van der Waals surface area contributed by atoms with Gasteiger partial charge in [-0.2, -0.15) is 11.1 Å². The molecule has 0 saturated carbocycles. The summed E-state index contributed by atoms with van der Waals surface area (Å²) in [4.78, 5) is 11.2. The highest BCUT2D eigenvalue weighted by atomic mass is 35.6. The minimum atomic E-state index is -1.56. The predicted molar refractivity (Wildman–Crippen MR) is 101 cm³/mol. The van der Waals surface area contributed by atoms with Gasteiger partial charge in [-0.3, -0.25) is 4.79 Å². The smallest absolute Gasteiger partial charge is 0.298 e. The van der Waals surface area contributed by atoms with Crippen LogP contribution in [0.15, 0.2) is 0 Å². The molecule has 0 heterocycles. The summed E-state index contributed by atoms with van der Waals surface area (Å²) in [7, 11) is -4.52. The summed E-state index contributed by atoms with van der Waals surface area (Å²) in [6, 6.07) is -0.242. The fourth-order valence-electron chi connectivity index (χ4n) is 1.67. The summed E-state index contributed by atoms with van der Waals surface area (Å²) in [5, 5.41) is 0.342. The van der Waals surface area contributed by atoms with Crippen LogP contribution in [0.4, 0.5) is 4.79 Å². The summed E-state index contributed by atoms with van der Waals surface area (Å²) >= 11 is 6.15. The largest absolute Gasteiger partial charge is 0.379 e. The Kier molecular flexibility index (Phi) is 7.85. The molecule has 0 unspecified atom stereocenters. The number of carbonyl (C=O) groups is 1. The van der Waals surface area contributed by atoms with E-state index in [0.717, 1.165) is 0 Å². The third-order valence-corrected chi connectivity index (χ3v) is 15.8. The molecule has 0 atom stereocenters. The van der Waals surface area contributed by atoms with Crippen molar-refractivity contribution >= 4 is 41.0 Å². The van der Waals surface area contributed by atoms with Crippen LogP contribution in [-0.4, -0.2) is 34.1 Å². The van der Waals surface area contributed by atoms with E-state index in [2.05, 4.69) is 73.1 Å². The van der Waals surface area contributed by atoms with Crippen LogP contribution < -0.4 is 5.73 Å². The van der Waals surface area contributed by atoms with E-state index in [0.29, 0.717) is 5.04 Å². The Morgan fingerprint density at radius 3 is 1.10 bits per heavy atom. The molecule has 0 aromatic heterocycles. The second kappa shape index (κ2) is 6.98. The second-order valence-electron chi connectivity index (χ2n) is 8.74. The summed E-state index contributed by atoms with van der Waals surface area (Å²) in [5.41, 5.74) is 5.37. The third kappa shape index (κ3) is 8.49. The van der Waals surface area contributed by atoms with Gasteiger partial charge in [0.25, 0.3) is 6.03 Å². The van der Waals surface area contributed by atoms with Crippen molar-refractivity contribution in [3.05, 3.63) is 0 Å². The van der Waals surface area contributed by atoms with Crippen LogP contribution >= 0.6 is 11.1 Å². The maximum Gasteiger partial charge on any atom is 0.298 e. The van der Waals surface area contributed by atoms with Crippen LogP contribution in [-0.2, 0) is 0 Å². The molecule has 0 rings (SSSR count). The van der Waals surface area contributed by atoms with Gasteiger partial charge in [-0.15, -0.1) is 0 Å². The molecular weight excluding hydrogens is 320 g/mol.